The molecule has 1 spiro atoms. The summed E-state index contributed by atoms with van der Waals surface area (Å²) in [6.45, 7) is 2.04. The SMILES string of the molecule is COc1cc2c(cc1OC)[C@H]1C[C@@]3(CCN1CC2)C(=O)N(c1ccccc1)C(=O)N3Cc1ccccc1. The first-order valence-electron chi connectivity index (χ1n) is 12.8. The fourth-order valence-electron chi connectivity index (χ4n) is 6.28. The summed E-state index contributed by atoms with van der Waals surface area (Å²) in [7, 11) is 3.29. The predicted octanol–water partition coefficient (Wildman–Crippen LogP) is 4.80. The van der Waals surface area contributed by atoms with Crippen molar-refractivity contribution in [2.45, 2.75) is 37.4 Å². The van der Waals surface area contributed by atoms with Crippen LogP contribution in [0, 0.1) is 0 Å². The van der Waals surface area contributed by atoms with E-state index in [4.69, 9.17) is 9.47 Å². The molecule has 0 aliphatic carbocycles. The Morgan fingerprint density at radius 1 is 0.892 bits per heavy atom. The van der Waals surface area contributed by atoms with E-state index >= 15 is 0 Å². The van der Waals surface area contributed by atoms with Crippen molar-refractivity contribution < 1.29 is 19.1 Å². The Hall–Kier alpha value is -3.84. The molecule has 3 heterocycles. The maximum absolute atomic E-state index is 14.3. The largest absolute Gasteiger partial charge is 0.493 e. The molecule has 2 fully saturated rings. The van der Waals surface area contributed by atoms with Crippen molar-refractivity contribution >= 4 is 17.6 Å². The third kappa shape index (κ3) is 3.76. The predicted molar refractivity (Wildman–Crippen MR) is 141 cm³/mol. The summed E-state index contributed by atoms with van der Waals surface area (Å²) in [5.41, 5.74) is 3.07. The molecule has 3 aliphatic rings. The lowest BCUT2D eigenvalue weighted by Gasteiger charge is -2.49. The highest BCUT2D eigenvalue weighted by atomic mass is 16.5. The molecule has 0 bridgehead atoms. The number of urea groups is 1. The molecule has 37 heavy (non-hydrogen) atoms. The molecule has 6 rings (SSSR count). The molecule has 0 unspecified atom stereocenters. The van der Waals surface area contributed by atoms with Gasteiger partial charge < -0.3 is 14.4 Å². The molecular formula is C30H31N3O4. The van der Waals surface area contributed by atoms with Gasteiger partial charge in [-0.05, 0) is 60.2 Å². The average molecular weight is 498 g/mol. The molecule has 3 amide bonds. The zero-order valence-corrected chi connectivity index (χ0v) is 21.2. The maximum atomic E-state index is 14.3. The first-order valence-corrected chi connectivity index (χ1v) is 12.8. The third-order valence-corrected chi connectivity index (χ3v) is 8.20. The van der Waals surface area contributed by atoms with Gasteiger partial charge in [0, 0.05) is 25.7 Å². The Bertz CT molecular complexity index is 1330. The number of piperidine rings is 1. The molecule has 0 radical (unpaired) electrons. The standard InChI is InChI=1S/C30H31N3O4/c1-36-26-17-22-13-15-31-16-14-30(19-25(31)24(22)18-27(26)37-2)28(34)33(23-11-7-4-8-12-23)29(35)32(30)20-21-9-5-3-6-10-21/h3-12,17-18,25H,13-16,19-20H2,1-2H3/t25-,30+/m1/s1. The quantitative estimate of drug-likeness (QED) is 0.474. The molecule has 0 saturated carbocycles. The van der Waals surface area contributed by atoms with Gasteiger partial charge in [-0.3, -0.25) is 9.69 Å². The minimum absolute atomic E-state index is 0.00283. The number of nitrogens with zero attached hydrogens (tertiary/aromatic N) is 3. The van der Waals surface area contributed by atoms with E-state index in [-0.39, 0.29) is 18.0 Å². The van der Waals surface area contributed by atoms with Crippen LogP contribution in [0.5, 0.6) is 11.5 Å². The fraction of sp³-hybridized carbons (Fsp3) is 0.333. The second-order valence-corrected chi connectivity index (χ2v) is 10.0. The minimum Gasteiger partial charge on any atom is -0.493 e. The van der Waals surface area contributed by atoms with E-state index in [9.17, 15) is 9.59 Å². The lowest BCUT2D eigenvalue weighted by Crippen LogP contribution is -2.58. The summed E-state index contributed by atoms with van der Waals surface area (Å²) >= 11 is 0. The van der Waals surface area contributed by atoms with Gasteiger partial charge in [0.05, 0.1) is 19.9 Å². The van der Waals surface area contributed by atoms with Gasteiger partial charge in [-0.15, -0.1) is 0 Å². The summed E-state index contributed by atoms with van der Waals surface area (Å²) in [5.74, 6) is 1.27. The van der Waals surface area contributed by atoms with Crippen molar-refractivity contribution in [1.29, 1.82) is 0 Å². The summed E-state index contributed by atoms with van der Waals surface area (Å²) in [5, 5.41) is 0. The normalized spacial score (nSPS) is 23.2. The molecule has 7 nitrogen and oxygen atoms in total. The van der Waals surface area contributed by atoms with Crippen molar-refractivity contribution in [3.05, 3.63) is 89.5 Å². The van der Waals surface area contributed by atoms with Crippen LogP contribution < -0.4 is 14.4 Å². The van der Waals surface area contributed by atoms with Crippen LogP contribution in [0.4, 0.5) is 10.5 Å². The smallest absolute Gasteiger partial charge is 0.332 e. The number of rotatable bonds is 5. The van der Waals surface area contributed by atoms with Gasteiger partial charge in [0.2, 0.25) is 0 Å². The first kappa shape index (κ1) is 23.6. The fourth-order valence-corrected chi connectivity index (χ4v) is 6.28. The number of anilines is 1. The number of carbonyl (C=O) groups is 2. The molecular weight excluding hydrogens is 466 g/mol. The van der Waals surface area contributed by atoms with Crippen LogP contribution in [-0.2, 0) is 17.8 Å². The van der Waals surface area contributed by atoms with Crippen molar-refractivity contribution in [2.24, 2.45) is 0 Å². The van der Waals surface area contributed by atoms with E-state index in [0.717, 1.165) is 30.6 Å². The van der Waals surface area contributed by atoms with Crippen LogP contribution in [-0.4, -0.2) is 54.6 Å². The maximum Gasteiger partial charge on any atom is 0.332 e. The van der Waals surface area contributed by atoms with Crippen LogP contribution in [0.25, 0.3) is 0 Å². The zero-order chi connectivity index (χ0) is 25.6. The Kier molecular flexibility index (Phi) is 5.88. The molecule has 2 atom stereocenters. The lowest BCUT2D eigenvalue weighted by molar-refractivity contribution is -0.129. The van der Waals surface area contributed by atoms with Crippen molar-refractivity contribution in [3.63, 3.8) is 0 Å². The van der Waals surface area contributed by atoms with E-state index in [1.54, 1.807) is 14.2 Å². The zero-order valence-electron chi connectivity index (χ0n) is 21.2. The second kappa shape index (κ2) is 9.23. The molecule has 3 aromatic rings. The highest BCUT2D eigenvalue weighted by Gasteiger charge is 2.60. The van der Waals surface area contributed by atoms with Crippen molar-refractivity contribution in [1.82, 2.24) is 9.80 Å². The number of fused-ring (bicyclic) bond motifs is 3. The highest BCUT2D eigenvalue weighted by Crippen LogP contribution is 2.49. The Morgan fingerprint density at radius 3 is 2.27 bits per heavy atom. The molecule has 190 valence electrons. The number of carbonyl (C=O) groups excluding carboxylic acids is 2. The topological polar surface area (TPSA) is 62.3 Å². The second-order valence-electron chi connectivity index (χ2n) is 10.0. The minimum atomic E-state index is -0.925. The number of amides is 3. The van der Waals surface area contributed by atoms with E-state index < -0.39 is 5.54 Å². The van der Waals surface area contributed by atoms with Gasteiger partial charge in [-0.2, -0.15) is 0 Å². The van der Waals surface area contributed by atoms with Crippen LogP contribution in [0.2, 0.25) is 0 Å². The summed E-state index contributed by atoms with van der Waals surface area (Å²) in [6.07, 6.45) is 2.05. The monoisotopic (exact) mass is 497 g/mol. The van der Waals surface area contributed by atoms with Crippen LogP contribution in [0.1, 0.15) is 35.6 Å². The van der Waals surface area contributed by atoms with E-state index in [1.807, 2.05) is 65.6 Å². The van der Waals surface area contributed by atoms with Gasteiger partial charge >= 0.3 is 6.03 Å². The lowest BCUT2D eigenvalue weighted by atomic mass is 9.76. The number of hydrogen-bond donors (Lipinski definition) is 0. The highest BCUT2D eigenvalue weighted by molar-refractivity contribution is 6.23. The molecule has 3 aliphatic heterocycles. The number of benzene rings is 3. The number of hydrogen-bond acceptors (Lipinski definition) is 5. The summed E-state index contributed by atoms with van der Waals surface area (Å²) in [4.78, 5) is 33.9. The number of imide groups is 1. The number of methoxy groups -OCH3 is 2. The van der Waals surface area contributed by atoms with Crippen molar-refractivity contribution in [2.75, 3.05) is 32.2 Å². The Morgan fingerprint density at radius 2 is 1.57 bits per heavy atom. The molecule has 2 saturated heterocycles. The van der Waals surface area contributed by atoms with Gasteiger partial charge in [0.15, 0.2) is 11.5 Å². The van der Waals surface area contributed by atoms with Gasteiger partial charge in [-0.1, -0.05) is 48.5 Å². The van der Waals surface area contributed by atoms with E-state index in [1.165, 1.54) is 10.5 Å². The summed E-state index contributed by atoms with van der Waals surface area (Å²) < 4.78 is 11.2. The Balaban J connectivity index is 1.44. The van der Waals surface area contributed by atoms with Crippen LogP contribution in [0.3, 0.4) is 0 Å². The number of para-hydroxylation sites is 1. The molecule has 0 aromatic heterocycles. The van der Waals surface area contributed by atoms with E-state index in [0.29, 0.717) is 36.6 Å². The van der Waals surface area contributed by atoms with Crippen LogP contribution >= 0.6 is 0 Å². The van der Waals surface area contributed by atoms with Crippen LogP contribution in [0.15, 0.2) is 72.8 Å². The van der Waals surface area contributed by atoms with Crippen molar-refractivity contribution in [3.8, 4) is 11.5 Å². The van der Waals surface area contributed by atoms with E-state index in [2.05, 4.69) is 17.0 Å². The third-order valence-electron chi connectivity index (χ3n) is 8.20. The number of ether oxygens (including phenoxy) is 2. The van der Waals surface area contributed by atoms with Gasteiger partial charge in [-0.25, -0.2) is 9.69 Å². The molecule has 3 aromatic carbocycles. The average Bonchev–Trinajstić information content (AvgIpc) is 3.14. The summed E-state index contributed by atoms with van der Waals surface area (Å²) in [6, 6.07) is 23.1. The Labute approximate surface area is 217 Å². The molecule has 0 N–H and O–H groups in total. The van der Waals surface area contributed by atoms with Gasteiger partial charge in [0.25, 0.3) is 5.91 Å². The first-order chi connectivity index (χ1) is 18.1. The molecule has 7 heteroatoms. The van der Waals surface area contributed by atoms with Gasteiger partial charge in [0.1, 0.15) is 5.54 Å².